The maximum absolute atomic E-state index is 12.6. The molecule has 0 N–H and O–H groups in total. The van der Waals surface area contributed by atoms with Crippen molar-refractivity contribution < 1.29 is 9.32 Å². The van der Waals surface area contributed by atoms with Crippen molar-refractivity contribution >= 4 is 5.91 Å². The van der Waals surface area contributed by atoms with Crippen molar-refractivity contribution in [2.24, 2.45) is 5.92 Å². The molecule has 4 heterocycles. The normalized spacial score (nSPS) is 17.2. The van der Waals surface area contributed by atoms with E-state index in [4.69, 9.17) is 4.52 Å². The number of likely N-dealkylation sites (tertiary alicyclic amines) is 1. The van der Waals surface area contributed by atoms with Crippen LogP contribution in [0.25, 0.3) is 11.4 Å². The lowest BCUT2D eigenvalue weighted by atomic mass is 9.97. The molecule has 140 valence electrons. The molecule has 0 aliphatic carbocycles. The minimum atomic E-state index is 0.147. The highest BCUT2D eigenvalue weighted by Gasteiger charge is 2.24. The van der Waals surface area contributed by atoms with Gasteiger partial charge in [-0.05, 0) is 30.9 Å². The molecule has 8 heteroatoms. The van der Waals surface area contributed by atoms with Crippen LogP contribution in [0.15, 0.2) is 47.8 Å². The van der Waals surface area contributed by atoms with Crippen molar-refractivity contribution in [2.75, 3.05) is 13.1 Å². The highest BCUT2D eigenvalue weighted by molar-refractivity contribution is 5.76. The number of nitrogens with zero attached hydrogens (tertiary/aromatic N) is 6. The van der Waals surface area contributed by atoms with Crippen molar-refractivity contribution in [3.63, 3.8) is 0 Å². The Morgan fingerprint density at radius 3 is 2.93 bits per heavy atom. The molecule has 1 saturated heterocycles. The third-order valence-corrected chi connectivity index (χ3v) is 4.86. The van der Waals surface area contributed by atoms with Gasteiger partial charge in [-0.15, -0.1) is 0 Å². The first-order chi connectivity index (χ1) is 13.3. The van der Waals surface area contributed by atoms with Gasteiger partial charge in [0.15, 0.2) is 0 Å². The van der Waals surface area contributed by atoms with E-state index >= 15 is 0 Å². The summed E-state index contributed by atoms with van der Waals surface area (Å²) in [4.78, 5) is 27.0. The number of hydrogen-bond acceptors (Lipinski definition) is 6. The van der Waals surface area contributed by atoms with Gasteiger partial charge in [0, 0.05) is 62.8 Å². The van der Waals surface area contributed by atoms with Crippen molar-refractivity contribution in [2.45, 2.75) is 32.2 Å². The minimum absolute atomic E-state index is 0.147. The minimum Gasteiger partial charge on any atom is -0.342 e. The Bertz CT molecular complexity index is 861. The molecule has 8 nitrogen and oxygen atoms in total. The van der Waals surface area contributed by atoms with Gasteiger partial charge in [0.1, 0.15) is 0 Å². The monoisotopic (exact) mass is 366 g/mol. The average Bonchev–Trinajstić information content (AvgIpc) is 3.39. The Morgan fingerprint density at radius 2 is 2.11 bits per heavy atom. The highest BCUT2D eigenvalue weighted by atomic mass is 16.5. The fraction of sp³-hybridized carbons (Fsp3) is 0.421. The Kier molecular flexibility index (Phi) is 5.22. The molecule has 3 aromatic heterocycles. The maximum atomic E-state index is 12.6. The molecule has 27 heavy (non-hydrogen) atoms. The van der Waals surface area contributed by atoms with Gasteiger partial charge in [-0.3, -0.25) is 9.78 Å². The first-order valence-electron chi connectivity index (χ1n) is 9.24. The smallest absolute Gasteiger partial charge is 0.227 e. The summed E-state index contributed by atoms with van der Waals surface area (Å²) in [6.45, 7) is 2.53. The van der Waals surface area contributed by atoms with Crippen LogP contribution < -0.4 is 0 Å². The van der Waals surface area contributed by atoms with E-state index in [1.165, 1.54) is 0 Å². The molecular weight excluding hydrogens is 344 g/mol. The fourth-order valence-corrected chi connectivity index (χ4v) is 3.48. The number of pyridine rings is 1. The van der Waals surface area contributed by atoms with E-state index in [0.717, 1.165) is 38.0 Å². The van der Waals surface area contributed by atoms with Crippen LogP contribution in [0.1, 0.15) is 25.2 Å². The highest BCUT2D eigenvalue weighted by Crippen LogP contribution is 2.20. The van der Waals surface area contributed by atoms with E-state index in [2.05, 4.69) is 24.7 Å². The fourth-order valence-electron chi connectivity index (χ4n) is 3.48. The zero-order valence-electron chi connectivity index (χ0n) is 15.1. The molecule has 0 saturated carbocycles. The third kappa shape index (κ3) is 4.39. The zero-order chi connectivity index (χ0) is 18.5. The molecule has 0 spiro atoms. The summed E-state index contributed by atoms with van der Waals surface area (Å²) >= 11 is 0. The third-order valence-electron chi connectivity index (χ3n) is 4.86. The number of aromatic nitrogens is 5. The molecule has 1 aliphatic rings. The summed E-state index contributed by atoms with van der Waals surface area (Å²) in [5, 5.41) is 3.98. The Balaban J connectivity index is 1.29. The molecule has 3 aromatic rings. The quantitative estimate of drug-likeness (QED) is 0.664. The summed E-state index contributed by atoms with van der Waals surface area (Å²) in [6.07, 6.45) is 12.0. The van der Waals surface area contributed by atoms with Crippen molar-refractivity contribution in [3.05, 3.63) is 49.1 Å². The number of rotatable bonds is 6. The molecular formula is C19H22N6O2. The standard InChI is InChI=1S/C19H22N6O2/c26-18(25-10-1-2-15(13-25)12-24-11-9-21-14-24)4-3-17-22-19(23-27-17)16-5-7-20-8-6-16/h5-9,11,14-15H,1-4,10,12-13H2/t15-/m0/s1. The molecule has 1 fully saturated rings. The lowest BCUT2D eigenvalue weighted by Gasteiger charge is -2.33. The van der Waals surface area contributed by atoms with Gasteiger partial charge in [0.05, 0.1) is 6.33 Å². The number of amides is 1. The average molecular weight is 366 g/mol. The van der Waals surface area contributed by atoms with E-state index in [-0.39, 0.29) is 5.91 Å². The van der Waals surface area contributed by atoms with Gasteiger partial charge in [-0.2, -0.15) is 4.98 Å². The Hall–Kier alpha value is -3.03. The van der Waals surface area contributed by atoms with Crippen molar-refractivity contribution in [3.8, 4) is 11.4 Å². The zero-order valence-corrected chi connectivity index (χ0v) is 15.1. The van der Waals surface area contributed by atoms with Crippen LogP contribution in [-0.2, 0) is 17.8 Å². The first kappa shape index (κ1) is 17.4. The van der Waals surface area contributed by atoms with Gasteiger partial charge >= 0.3 is 0 Å². The van der Waals surface area contributed by atoms with Crippen LogP contribution in [0.2, 0.25) is 0 Å². The summed E-state index contributed by atoms with van der Waals surface area (Å²) in [5.74, 6) is 1.63. The van der Waals surface area contributed by atoms with Crippen LogP contribution in [0.3, 0.4) is 0 Å². The van der Waals surface area contributed by atoms with E-state index in [1.54, 1.807) is 18.6 Å². The van der Waals surface area contributed by atoms with E-state index in [1.807, 2.05) is 29.6 Å². The van der Waals surface area contributed by atoms with Gasteiger partial charge in [-0.1, -0.05) is 5.16 Å². The number of imidazole rings is 1. The largest absolute Gasteiger partial charge is 0.342 e. The van der Waals surface area contributed by atoms with Gasteiger partial charge in [0.2, 0.25) is 17.6 Å². The molecule has 4 rings (SSSR count). The van der Waals surface area contributed by atoms with Crippen LogP contribution in [0.4, 0.5) is 0 Å². The second-order valence-corrected chi connectivity index (χ2v) is 6.86. The molecule has 0 aromatic carbocycles. The summed E-state index contributed by atoms with van der Waals surface area (Å²) in [5.41, 5.74) is 0.852. The number of aryl methyl sites for hydroxylation is 1. The van der Waals surface area contributed by atoms with Gasteiger partial charge < -0.3 is 14.0 Å². The second kappa shape index (κ2) is 8.11. The lowest BCUT2D eigenvalue weighted by Crippen LogP contribution is -2.41. The molecule has 1 aliphatic heterocycles. The van der Waals surface area contributed by atoms with E-state index in [0.29, 0.717) is 30.5 Å². The Labute approximate surface area is 157 Å². The number of piperidine rings is 1. The number of hydrogen-bond donors (Lipinski definition) is 0. The molecule has 0 radical (unpaired) electrons. The summed E-state index contributed by atoms with van der Waals surface area (Å²) < 4.78 is 7.37. The molecule has 1 amide bonds. The van der Waals surface area contributed by atoms with E-state index in [9.17, 15) is 4.79 Å². The maximum Gasteiger partial charge on any atom is 0.227 e. The topological polar surface area (TPSA) is 89.9 Å². The molecule has 1 atom stereocenters. The van der Waals surface area contributed by atoms with Crippen molar-refractivity contribution in [1.82, 2.24) is 29.6 Å². The number of carbonyl (C=O) groups is 1. The van der Waals surface area contributed by atoms with Gasteiger partial charge in [-0.25, -0.2) is 4.98 Å². The second-order valence-electron chi connectivity index (χ2n) is 6.86. The lowest BCUT2D eigenvalue weighted by molar-refractivity contribution is -0.133. The van der Waals surface area contributed by atoms with Crippen LogP contribution in [-0.4, -0.2) is 48.6 Å². The summed E-state index contributed by atoms with van der Waals surface area (Å²) in [7, 11) is 0. The predicted octanol–water partition coefficient (Wildman–Crippen LogP) is 2.20. The SMILES string of the molecule is O=C(CCc1nc(-c2ccncc2)no1)N1CCC[C@@H](Cn2ccnc2)C1. The Morgan fingerprint density at radius 1 is 1.22 bits per heavy atom. The van der Waals surface area contributed by atoms with Crippen molar-refractivity contribution in [1.29, 1.82) is 0 Å². The van der Waals surface area contributed by atoms with Gasteiger partial charge in [0.25, 0.3) is 0 Å². The first-order valence-corrected chi connectivity index (χ1v) is 9.24. The van der Waals surface area contributed by atoms with Crippen LogP contribution in [0, 0.1) is 5.92 Å². The van der Waals surface area contributed by atoms with Crippen LogP contribution >= 0.6 is 0 Å². The summed E-state index contributed by atoms with van der Waals surface area (Å²) in [6, 6.07) is 3.65. The molecule has 0 unspecified atom stereocenters. The number of carbonyl (C=O) groups excluding carboxylic acids is 1. The predicted molar refractivity (Wildman–Crippen MR) is 97.4 cm³/mol. The molecule has 0 bridgehead atoms. The van der Waals surface area contributed by atoms with Crippen LogP contribution in [0.5, 0.6) is 0 Å². The van der Waals surface area contributed by atoms with E-state index < -0.39 is 0 Å².